The van der Waals surface area contributed by atoms with Gasteiger partial charge in [0.2, 0.25) is 0 Å². The summed E-state index contributed by atoms with van der Waals surface area (Å²) in [5.41, 5.74) is 4.32. The Labute approximate surface area is 193 Å². The highest BCUT2D eigenvalue weighted by Crippen LogP contribution is 2.22. The minimum absolute atomic E-state index is 0.170. The fourth-order valence-corrected chi connectivity index (χ4v) is 3.60. The van der Waals surface area contributed by atoms with Gasteiger partial charge in [0.25, 0.3) is 0 Å². The molecular weight excluding hydrogens is 471 g/mol. The largest absolute Gasteiger partial charge is 0.491 e. The zero-order valence-electron chi connectivity index (χ0n) is 17.6. The number of hydrogen-bond acceptors (Lipinski definition) is 5. The van der Waals surface area contributed by atoms with Crippen LogP contribution in [-0.2, 0) is 0 Å². The number of H-pyrrole nitrogens is 1. The molecule has 0 unspecified atom stereocenters. The molecule has 3 N–H and O–H groups in total. The van der Waals surface area contributed by atoms with E-state index in [4.69, 9.17) is 14.8 Å². The van der Waals surface area contributed by atoms with Gasteiger partial charge in [0.05, 0.1) is 17.3 Å². The first-order valence-corrected chi connectivity index (χ1v) is 10.9. The van der Waals surface area contributed by atoms with Crippen LogP contribution in [0, 0.1) is 0 Å². The lowest BCUT2D eigenvalue weighted by atomic mass is 9.80. The third-order valence-electron chi connectivity index (χ3n) is 4.74. The van der Waals surface area contributed by atoms with Crippen molar-refractivity contribution in [1.29, 1.82) is 0 Å². The number of aromatic amines is 1. The van der Waals surface area contributed by atoms with Crippen molar-refractivity contribution in [1.82, 2.24) is 20.0 Å². The van der Waals surface area contributed by atoms with E-state index < -0.39 is 7.12 Å². The van der Waals surface area contributed by atoms with E-state index >= 15 is 0 Å². The topological polar surface area (TPSA) is 96.2 Å². The van der Waals surface area contributed by atoms with Crippen LogP contribution in [0.4, 0.5) is 0 Å². The summed E-state index contributed by atoms with van der Waals surface area (Å²) < 4.78 is 8.47. The van der Waals surface area contributed by atoms with Gasteiger partial charge in [0.15, 0.2) is 0 Å². The van der Waals surface area contributed by atoms with Crippen LogP contribution < -0.4 is 10.2 Å². The average Bonchev–Trinajstić information content (AvgIpc) is 3.40. The molecule has 5 rings (SSSR count). The number of fused-ring (bicyclic) bond motifs is 2. The molecule has 0 spiro atoms. The second-order valence-electron chi connectivity index (χ2n) is 7.49. The summed E-state index contributed by atoms with van der Waals surface area (Å²) >= 11 is 3.47. The van der Waals surface area contributed by atoms with Gasteiger partial charge in [-0.1, -0.05) is 33.3 Å². The van der Waals surface area contributed by atoms with E-state index in [0.29, 0.717) is 5.46 Å². The molecule has 3 aromatic carbocycles. The molecule has 0 bridgehead atoms. The lowest BCUT2D eigenvalue weighted by Crippen LogP contribution is -2.29. The predicted molar refractivity (Wildman–Crippen MR) is 130 cm³/mol. The van der Waals surface area contributed by atoms with Crippen LogP contribution >= 0.6 is 15.9 Å². The van der Waals surface area contributed by atoms with Gasteiger partial charge >= 0.3 is 7.12 Å². The third kappa shape index (κ3) is 5.01. The van der Waals surface area contributed by atoms with Gasteiger partial charge in [-0.15, -0.1) is 5.10 Å². The predicted octanol–water partition coefficient (Wildman–Crippen LogP) is 3.82. The molecule has 0 aliphatic heterocycles. The lowest BCUT2D eigenvalue weighted by molar-refractivity contribution is 0.242. The second-order valence-corrected chi connectivity index (χ2v) is 8.41. The van der Waals surface area contributed by atoms with E-state index in [9.17, 15) is 0 Å². The van der Waals surface area contributed by atoms with Crippen molar-refractivity contribution >= 4 is 50.4 Å². The van der Waals surface area contributed by atoms with E-state index in [1.54, 1.807) is 12.1 Å². The van der Waals surface area contributed by atoms with Crippen LogP contribution in [-0.4, -0.2) is 43.2 Å². The summed E-state index contributed by atoms with van der Waals surface area (Å²) in [6.07, 6.45) is 1.99. The first-order chi connectivity index (χ1) is 15.4. The Morgan fingerprint density at radius 1 is 1.00 bits per heavy atom. The number of aromatic nitrogens is 4. The minimum atomic E-state index is -1.38. The molecule has 0 fully saturated rings. The highest BCUT2D eigenvalue weighted by molar-refractivity contribution is 9.10. The molecule has 0 amide bonds. The Morgan fingerprint density at radius 2 is 1.78 bits per heavy atom. The van der Waals surface area contributed by atoms with Crippen molar-refractivity contribution in [3.8, 4) is 11.4 Å². The molecule has 9 heteroatoms. The summed E-state index contributed by atoms with van der Waals surface area (Å²) in [7, 11) is -1.38. The normalized spacial score (nSPS) is 10.9. The molecule has 0 atom stereocenters. The molecule has 0 aliphatic carbocycles. The monoisotopic (exact) mass is 492 g/mol. The fourth-order valence-electron chi connectivity index (χ4n) is 3.25. The molecule has 2 heterocycles. The van der Waals surface area contributed by atoms with Gasteiger partial charge < -0.3 is 19.8 Å². The second kappa shape index (κ2) is 9.56. The molecule has 0 aliphatic rings. The first kappa shape index (κ1) is 22.1. The van der Waals surface area contributed by atoms with E-state index in [1.165, 1.54) is 0 Å². The Kier molecular flexibility index (Phi) is 6.59. The van der Waals surface area contributed by atoms with Crippen molar-refractivity contribution in [2.24, 2.45) is 0 Å². The van der Waals surface area contributed by atoms with Crippen LogP contribution in [0.25, 0.3) is 27.6 Å². The van der Waals surface area contributed by atoms with Gasteiger partial charge in [-0.25, -0.2) is 4.68 Å². The van der Waals surface area contributed by atoms with Crippen molar-refractivity contribution < 1.29 is 14.8 Å². The molecule has 32 heavy (non-hydrogen) atoms. The summed E-state index contributed by atoms with van der Waals surface area (Å²) in [4.78, 5) is 3.02. The maximum Gasteiger partial charge on any atom is 0.488 e. The summed E-state index contributed by atoms with van der Waals surface area (Å²) in [5.74, 6) is 0.856. The van der Waals surface area contributed by atoms with Crippen molar-refractivity contribution in [2.75, 3.05) is 0 Å². The molecule has 2 aromatic heterocycles. The van der Waals surface area contributed by atoms with E-state index in [0.717, 1.165) is 37.8 Å². The lowest BCUT2D eigenvalue weighted by Gasteiger charge is -2.10. The molecule has 0 saturated heterocycles. The highest BCUT2D eigenvalue weighted by Gasteiger charge is 2.10. The minimum Gasteiger partial charge on any atom is -0.491 e. The molecular formula is C23H22BBrN4O3. The Morgan fingerprint density at radius 3 is 2.50 bits per heavy atom. The maximum absolute atomic E-state index is 8.87. The van der Waals surface area contributed by atoms with Crippen molar-refractivity contribution in [3.63, 3.8) is 0 Å². The number of nitrogens with one attached hydrogen (secondary N) is 1. The van der Waals surface area contributed by atoms with E-state index in [1.807, 2.05) is 79.3 Å². The molecule has 0 radical (unpaired) electrons. The SMILES string of the molecule is CC(C)Oc1ccc(-n2nnc3ccc(Br)cc32)cc1.OB(O)c1ccc2[nH]ccc2c1. The first-order valence-electron chi connectivity index (χ1n) is 10.1. The third-order valence-corrected chi connectivity index (χ3v) is 5.23. The number of nitrogens with zero attached hydrogens (tertiary/aromatic N) is 3. The van der Waals surface area contributed by atoms with Crippen LogP contribution in [0.2, 0.25) is 0 Å². The van der Waals surface area contributed by atoms with Gasteiger partial charge in [0, 0.05) is 16.2 Å². The zero-order chi connectivity index (χ0) is 22.7. The van der Waals surface area contributed by atoms with Gasteiger partial charge in [-0.2, -0.15) is 0 Å². The van der Waals surface area contributed by atoms with Crippen molar-refractivity contribution in [2.45, 2.75) is 20.0 Å². The van der Waals surface area contributed by atoms with E-state index in [-0.39, 0.29) is 6.10 Å². The smallest absolute Gasteiger partial charge is 0.488 e. The zero-order valence-corrected chi connectivity index (χ0v) is 19.2. The summed E-state index contributed by atoms with van der Waals surface area (Å²) in [6, 6.07) is 20.9. The maximum atomic E-state index is 8.87. The van der Waals surface area contributed by atoms with E-state index in [2.05, 4.69) is 31.2 Å². The highest BCUT2D eigenvalue weighted by atomic mass is 79.9. The Balaban J connectivity index is 0.000000174. The number of hydrogen-bond donors (Lipinski definition) is 3. The Hall–Kier alpha value is -3.14. The summed E-state index contributed by atoms with van der Waals surface area (Å²) in [5, 5.41) is 27.1. The van der Waals surface area contributed by atoms with Crippen LogP contribution in [0.3, 0.4) is 0 Å². The molecule has 162 valence electrons. The van der Waals surface area contributed by atoms with Crippen LogP contribution in [0.15, 0.2) is 77.4 Å². The van der Waals surface area contributed by atoms with Crippen LogP contribution in [0.5, 0.6) is 5.75 Å². The van der Waals surface area contributed by atoms with Gasteiger partial charge in [-0.3, -0.25) is 0 Å². The van der Waals surface area contributed by atoms with Crippen LogP contribution in [0.1, 0.15) is 13.8 Å². The van der Waals surface area contributed by atoms with Crippen molar-refractivity contribution in [3.05, 3.63) is 77.4 Å². The van der Waals surface area contributed by atoms with Gasteiger partial charge in [0.1, 0.15) is 11.3 Å². The quantitative estimate of drug-likeness (QED) is 0.331. The molecule has 5 aromatic rings. The fraction of sp³-hybridized carbons (Fsp3) is 0.130. The average molecular weight is 493 g/mol. The molecule has 7 nitrogen and oxygen atoms in total. The number of halogens is 1. The standard InChI is InChI=1S/C15H14BrN3O.C8H8BNO2/c1-10(2)20-13-6-4-12(5-7-13)19-15-9-11(16)3-8-14(15)17-18-19;11-9(12)7-1-2-8-6(5-7)3-4-10-8/h3-10H,1-2H3;1-5,10-12H. The number of benzene rings is 3. The van der Waals surface area contributed by atoms with Gasteiger partial charge in [-0.05, 0) is 79.3 Å². The molecule has 0 saturated carbocycles. The summed E-state index contributed by atoms with van der Waals surface area (Å²) in [6.45, 7) is 4.02. The number of ether oxygens (including phenoxy) is 1. The number of rotatable bonds is 4. The Bertz CT molecular complexity index is 1330.